The van der Waals surface area contributed by atoms with Crippen LogP contribution in [0, 0.1) is 11.8 Å². The van der Waals surface area contributed by atoms with Crippen molar-refractivity contribution in [3.8, 4) is 5.75 Å². The van der Waals surface area contributed by atoms with Crippen molar-refractivity contribution in [1.29, 1.82) is 0 Å². The number of carbonyl (C=O) groups excluding carboxylic acids is 3. The number of carbonyl (C=O) groups is 3. The number of nitrogens with one attached hydrogen (secondary N) is 1. The van der Waals surface area contributed by atoms with Crippen LogP contribution in [0.25, 0.3) is 0 Å². The second kappa shape index (κ2) is 7.27. The SMILES string of the molecule is CCOC(=O)[C@]1(C)N[C@H](c2cccs2)[C@@H]2C(=O)N(c3ccc(OC)cc3)C(=O)[C@@H]21. The highest BCUT2D eigenvalue weighted by molar-refractivity contribution is 7.10. The molecule has 1 aromatic heterocycles. The summed E-state index contributed by atoms with van der Waals surface area (Å²) in [6, 6.07) is 10.1. The minimum atomic E-state index is -1.29. The van der Waals surface area contributed by atoms with E-state index in [4.69, 9.17) is 9.47 Å². The molecule has 29 heavy (non-hydrogen) atoms. The van der Waals surface area contributed by atoms with E-state index in [0.29, 0.717) is 11.4 Å². The number of hydrogen-bond acceptors (Lipinski definition) is 7. The molecule has 0 saturated carbocycles. The van der Waals surface area contributed by atoms with Gasteiger partial charge in [0.1, 0.15) is 11.3 Å². The van der Waals surface area contributed by atoms with Crippen molar-refractivity contribution >= 4 is 34.8 Å². The first kappa shape index (κ1) is 19.6. The fourth-order valence-electron chi connectivity index (χ4n) is 4.31. The Kier molecular flexibility index (Phi) is 4.92. The monoisotopic (exact) mass is 414 g/mol. The van der Waals surface area contributed by atoms with Crippen molar-refractivity contribution in [2.45, 2.75) is 25.4 Å². The summed E-state index contributed by atoms with van der Waals surface area (Å²) >= 11 is 1.49. The Morgan fingerprint density at radius 1 is 1.21 bits per heavy atom. The van der Waals surface area contributed by atoms with Crippen LogP contribution in [-0.2, 0) is 19.1 Å². The molecule has 1 aromatic carbocycles. The molecule has 2 amide bonds. The van der Waals surface area contributed by atoms with Crippen LogP contribution in [0.15, 0.2) is 41.8 Å². The molecule has 1 N–H and O–H groups in total. The van der Waals surface area contributed by atoms with Gasteiger partial charge in [0.15, 0.2) is 0 Å². The quantitative estimate of drug-likeness (QED) is 0.598. The molecule has 8 heteroatoms. The van der Waals surface area contributed by atoms with Gasteiger partial charge in [-0.3, -0.25) is 19.7 Å². The van der Waals surface area contributed by atoms with Gasteiger partial charge in [0.2, 0.25) is 11.8 Å². The zero-order chi connectivity index (χ0) is 20.8. The Labute approximate surface area is 172 Å². The van der Waals surface area contributed by atoms with Crippen LogP contribution in [0.3, 0.4) is 0 Å². The van der Waals surface area contributed by atoms with Crippen molar-refractivity contribution in [2.75, 3.05) is 18.6 Å². The normalized spacial score (nSPS) is 28.5. The van der Waals surface area contributed by atoms with Gasteiger partial charge in [-0.15, -0.1) is 11.3 Å². The molecule has 0 unspecified atom stereocenters. The first-order valence-corrected chi connectivity index (χ1v) is 10.3. The Bertz CT molecular complexity index is 942. The van der Waals surface area contributed by atoms with Crippen molar-refractivity contribution in [3.63, 3.8) is 0 Å². The molecule has 0 spiro atoms. The minimum Gasteiger partial charge on any atom is -0.497 e. The predicted octanol–water partition coefficient (Wildman–Crippen LogP) is 2.53. The van der Waals surface area contributed by atoms with Crippen molar-refractivity contribution in [1.82, 2.24) is 5.32 Å². The van der Waals surface area contributed by atoms with Crippen LogP contribution in [-0.4, -0.2) is 37.0 Å². The Morgan fingerprint density at radius 2 is 1.93 bits per heavy atom. The summed E-state index contributed by atoms with van der Waals surface area (Å²) in [7, 11) is 1.55. The summed E-state index contributed by atoms with van der Waals surface area (Å²) in [6.45, 7) is 3.57. The summed E-state index contributed by atoms with van der Waals surface area (Å²) in [5, 5.41) is 5.17. The molecule has 2 aliphatic rings. The van der Waals surface area contributed by atoms with Gasteiger partial charge in [-0.05, 0) is 49.6 Å². The summed E-state index contributed by atoms with van der Waals surface area (Å²) in [4.78, 5) is 41.8. The van der Waals surface area contributed by atoms with E-state index < -0.39 is 35.3 Å². The van der Waals surface area contributed by atoms with Crippen LogP contribution in [0.2, 0.25) is 0 Å². The number of rotatable bonds is 5. The van der Waals surface area contributed by atoms with Gasteiger partial charge >= 0.3 is 5.97 Å². The first-order chi connectivity index (χ1) is 13.9. The number of ether oxygens (including phenoxy) is 2. The molecule has 2 fully saturated rings. The average molecular weight is 414 g/mol. The van der Waals surface area contributed by atoms with E-state index in [1.165, 1.54) is 16.2 Å². The number of hydrogen-bond donors (Lipinski definition) is 1. The maximum Gasteiger partial charge on any atom is 0.326 e. The fraction of sp³-hybridized carbons (Fsp3) is 0.381. The number of esters is 1. The zero-order valence-electron chi connectivity index (χ0n) is 16.4. The fourth-order valence-corrected chi connectivity index (χ4v) is 5.13. The summed E-state index contributed by atoms with van der Waals surface area (Å²) < 4.78 is 10.4. The van der Waals surface area contributed by atoms with E-state index in [0.717, 1.165) is 4.88 Å². The van der Waals surface area contributed by atoms with E-state index in [-0.39, 0.29) is 12.5 Å². The maximum absolute atomic E-state index is 13.4. The Balaban J connectivity index is 1.77. The van der Waals surface area contributed by atoms with Crippen LogP contribution >= 0.6 is 11.3 Å². The minimum absolute atomic E-state index is 0.196. The standard InChI is InChI=1S/C21H22N2O5S/c1-4-28-20(26)21(2)16-15(17(22-21)14-6-5-11-29-14)18(24)23(19(16)25)12-7-9-13(27-3)10-8-12/h5-11,15-17,22H,4H2,1-3H3/t15-,16-,17-,21-/m1/s1. The highest BCUT2D eigenvalue weighted by Crippen LogP contribution is 2.50. The number of benzene rings is 1. The van der Waals surface area contributed by atoms with Gasteiger partial charge in [-0.25, -0.2) is 4.90 Å². The second-order valence-electron chi connectivity index (χ2n) is 7.27. The van der Waals surface area contributed by atoms with Crippen molar-refractivity contribution in [3.05, 3.63) is 46.7 Å². The lowest BCUT2D eigenvalue weighted by molar-refractivity contribution is -0.153. The molecule has 0 aliphatic carbocycles. The van der Waals surface area contributed by atoms with Gasteiger partial charge < -0.3 is 9.47 Å². The number of nitrogens with zero attached hydrogens (tertiary/aromatic N) is 1. The maximum atomic E-state index is 13.4. The second-order valence-corrected chi connectivity index (χ2v) is 8.25. The third-order valence-corrected chi connectivity index (χ3v) is 6.62. The first-order valence-electron chi connectivity index (χ1n) is 9.42. The number of amides is 2. The Morgan fingerprint density at radius 3 is 2.52 bits per heavy atom. The number of imide groups is 1. The molecule has 4 atom stereocenters. The molecular weight excluding hydrogens is 392 g/mol. The molecule has 2 aromatic rings. The van der Waals surface area contributed by atoms with Crippen LogP contribution in [0.1, 0.15) is 24.8 Å². The molecule has 0 bridgehead atoms. The number of thiophene rings is 1. The predicted molar refractivity (Wildman–Crippen MR) is 108 cm³/mol. The molecule has 3 heterocycles. The van der Waals surface area contributed by atoms with E-state index in [9.17, 15) is 14.4 Å². The topological polar surface area (TPSA) is 84.9 Å². The van der Waals surface area contributed by atoms with E-state index in [1.807, 2.05) is 17.5 Å². The number of fused-ring (bicyclic) bond motifs is 1. The lowest BCUT2D eigenvalue weighted by Crippen LogP contribution is -2.54. The van der Waals surface area contributed by atoms with Gasteiger partial charge in [0.25, 0.3) is 0 Å². The molecule has 2 saturated heterocycles. The summed E-state index contributed by atoms with van der Waals surface area (Å²) in [5.41, 5.74) is -0.824. The van der Waals surface area contributed by atoms with Gasteiger partial charge in [0.05, 0.1) is 37.3 Å². The molecule has 4 rings (SSSR count). The highest BCUT2D eigenvalue weighted by atomic mass is 32.1. The van der Waals surface area contributed by atoms with Gasteiger partial charge in [0, 0.05) is 4.88 Å². The highest BCUT2D eigenvalue weighted by Gasteiger charge is 2.67. The number of methoxy groups -OCH3 is 1. The molecule has 2 aliphatic heterocycles. The smallest absolute Gasteiger partial charge is 0.326 e. The van der Waals surface area contributed by atoms with Crippen LogP contribution in [0.5, 0.6) is 5.75 Å². The van der Waals surface area contributed by atoms with Gasteiger partial charge in [-0.1, -0.05) is 6.07 Å². The van der Waals surface area contributed by atoms with Crippen LogP contribution < -0.4 is 15.0 Å². The van der Waals surface area contributed by atoms with E-state index in [1.54, 1.807) is 45.2 Å². The Hall–Kier alpha value is -2.71. The van der Waals surface area contributed by atoms with E-state index >= 15 is 0 Å². The number of anilines is 1. The van der Waals surface area contributed by atoms with Crippen molar-refractivity contribution in [2.24, 2.45) is 11.8 Å². The lowest BCUT2D eigenvalue weighted by atomic mass is 9.81. The molecule has 152 valence electrons. The summed E-state index contributed by atoms with van der Waals surface area (Å²) in [5.74, 6) is -2.13. The van der Waals surface area contributed by atoms with Crippen molar-refractivity contribution < 1.29 is 23.9 Å². The molecule has 0 radical (unpaired) electrons. The zero-order valence-corrected chi connectivity index (χ0v) is 17.2. The third kappa shape index (κ3) is 2.94. The third-order valence-electron chi connectivity index (χ3n) is 5.67. The lowest BCUT2D eigenvalue weighted by Gasteiger charge is -2.29. The average Bonchev–Trinajstić information content (AvgIpc) is 3.40. The van der Waals surface area contributed by atoms with E-state index in [2.05, 4.69) is 5.32 Å². The van der Waals surface area contributed by atoms with Crippen LogP contribution in [0.4, 0.5) is 5.69 Å². The molecular formula is C21H22N2O5S. The summed E-state index contributed by atoms with van der Waals surface area (Å²) in [6.07, 6.45) is 0. The van der Waals surface area contributed by atoms with Gasteiger partial charge in [-0.2, -0.15) is 0 Å². The molecule has 7 nitrogen and oxygen atoms in total. The largest absolute Gasteiger partial charge is 0.497 e.